The second kappa shape index (κ2) is 5.03. The molecule has 0 heterocycles. The highest BCUT2D eigenvalue weighted by molar-refractivity contribution is 14.1. The molecule has 1 aromatic carbocycles. The number of ether oxygens (including phenoxy) is 1. The molecule has 0 aliphatic heterocycles. The molecule has 88 valence electrons. The van der Waals surface area contributed by atoms with Crippen LogP contribution in [-0.2, 0) is 11.2 Å². The van der Waals surface area contributed by atoms with Crippen molar-refractivity contribution in [2.24, 2.45) is 0 Å². The summed E-state index contributed by atoms with van der Waals surface area (Å²) in [6.45, 7) is 1.38. The molecule has 0 saturated heterocycles. The minimum absolute atomic E-state index is 0.102. The lowest BCUT2D eigenvalue weighted by Crippen LogP contribution is -2.17. The van der Waals surface area contributed by atoms with Crippen LogP contribution in [0.25, 0.3) is 0 Å². The number of alkyl halides is 3. The first kappa shape index (κ1) is 13.3. The molecule has 2 nitrogen and oxygen atoms in total. The van der Waals surface area contributed by atoms with E-state index in [-0.39, 0.29) is 18.0 Å². The summed E-state index contributed by atoms with van der Waals surface area (Å²) in [4.78, 5) is 10.9. The van der Waals surface area contributed by atoms with E-state index in [1.165, 1.54) is 19.1 Å². The van der Waals surface area contributed by atoms with Crippen molar-refractivity contribution in [2.45, 2.75) is 19.7 Å². The summed E-state index contributed by atoms with van der Waals surface area (Å²) in [6, 6.07) is 4.12. The highest BCUT2D eigenvalue weighted by Crippen LogP contribution is 2.25. The molecule has 0 amide bonds. The van der Waals surface area contributed by atoms with Gasteiger partial charge < -0.3 is 4.74 Å². The van der Waals surface area contributed by atoms with Crippen LogP contribution in [0.2, 0.25) is 0 Å². The van der Waals surface area contributed by atoms with Gasteiger partial charge in [-0.05, 0) is 53.3 Å². The van der Waals surface area contributed by atoms with Crippen LogP contribution >= 0.6 is 22.6 Å². The predicted octanol–water partition coefficient (Wildman–Crippen LogP) is 3.32. The van der Waals surface area contributed by atoms with Crippen molar-refractivity contribution in [3.8, 4) is 5.75 Å². The molecule has 1 aromatic rings. The number of ketones is 1. The normalized spacial score (nSPS) is 11.3. The highest BCUT2D eigenvalue weighted by Gasteiger charge is 2.31. The van der Waals surface area contributed by atoms with E-state index in [0.717, 1.165) is 0 Å². The Morgan fingerprint density at radius 3 is 2.50 bits per heavy atom. The van der Waals surface area contributed by atoms with Gasteiger partial charge in [0.15, 0.2) is 0 Å². The van der Waals surface area contributed by atoms with Crippen molar-refractivity contribution in [1.29, 1.82) is 0 Å². The smallest absolute Gasteiger partial charge is 0.406 e. The van der Waals surface area contributed by atoms with Crippen LogP contribution in [0.1, 0.15) is 12.5 Å². The number of halogens is 4. The Kier molecular flexibility index (Phi) is 4.17. The zero-order valence-corrected chi connectivity index (χ0v) is 10.4. The molecule has 0 radical (unpaired) electrons. The fraction of sp³-hybridized carbons (Fsp3) is 0.300. The number of hydrogen-bond donors (Lipinski definition) is 0. The molecule has 1 rings (SSSR count). The van der Waals surface area contributed by atoms with Crippen LogP contribution in [-0.4, -0.2) is 12.1 Å². The molecule has 0 unspecified atom stereocenters. The first-order valence-electron chi connectivity index (χ1n) is 4.31. The van der Waals surface area contributed by atoms with Crippen molar-refractivity contribution in [1.82, 2.24) is 0 Å². The van der Waals surface area contributed by atoms with Gasteiger partial charge in [-0.1, -0.05) is 0 Å². The second-order valence-electron chi connectivity index (χ2n) is 3.22. The number of hydrogen-bond acceptors (Lipinski definition) is 2. The van der Waals surface area contributed by atoms with Gasteiger partial charge in [-0.25, -0.2) is 0 Å². The molecule has 0 aliphatic carbocycles. The predicted molar refractivity (Wildman–Crippen MR) is 60.2 cm³/mol. The Bertz CT molecular complexity index is 402. The average molecular weight is 344 g/mol. The third-order valence-corrected chi connectivity index (χ3v) is 2.24. The summed E-state index contributed by atoms with van der Waals surface area (Å²) in [5, 5.41) is 0. The molecule has 0 aliphatic rings. The maximum absolute atomic E-state index is 12.0. The van der Waals surface area contributed by atoms with Crippen molar-refractivity contribution < 1.29 is 22.7 Å². The van der Waals surface area contributed by atoms with E-state index >= 15 is 0 Å². The van der Waals surface area contributed by atoms with Gasteiger partial charge in [0.1, 0.15) is 11.5 Å². The fourth-order valence-electron chi connectivity index (χ4n) is 1.20. The van der Waals surface area contributed by atoms with Gasteiger partial charge in [-0.15, -0.1) is 13.2 Å². The van der Waals surface area contributed by atoms with Gasteiger partial charge in [-0.2, -0.15) is 0 Å². The lowest BCUT2D eigenvalue weighted by Gasteiger charge is -2.10. The topological polar surface area (TPSA) is 26.3 Å². The molecule has 0 spiro atoms. The highest BCUT2D eigenvalue weighted by atomic mass is 127. The van der Waals surface area contributed by atoms with E-state index in [9.17, 15) is 18.0 Å². The summed E-state index contributed by atoms with van der Waals surface area (Å²) in [5.74, 6) is -0.407. The van der Waals surface area contributed by atoms with E-state index < -0.39 is 6.36 Å². The van der Waals surface area contributed by atoms with Crippen molar-refractivity contribution in [2.75, 3.05) is 0 Å². The SMILES string of the molecule is CC(=O)Cc1cc(I)cc(OC(F)(F)F)c1. The van der Waals surface area contributed by atoms with Gasteiger partial charge in [0.2, 0.25) is 0 Å². The van der Waals surface area contributed by atoms with Crippen LogP contribution in [0.4, 0.5) is 13.2 Å². The Morgan fingerprint density at radius 2 is 2.00 bits per heavy atom. The maximum atomic E-state index is 12.0. The van der Waals surface area contributed by atoms with Gasteiger partial charge in [0.25, 0.3) is 0 Å². The molecule has 0 bridgehead atoms. The van der Waals surface area contributed by atoms with Crippen LogP contribution in [0.15, 0.2) is 18.2 Å². The fourth-order valence-corrected chi connectivity index (χ4v) is 1.91. The lowest BCUT2D eigenvalue weighted by molar-refractivity contribution is -0.274. The number of rotatable bonds is 3. The molecular formula is C10H8F3IO2. The van der Waals surface area contributed by atoms with E-state index in [1.807, 2.05) is 22.6 Å². The number of carbonyl (C=O) groups is 1. The molecular weight excluding hydrogens is 336 g/mol. The molecule has 0 atom stereocenters. The quantitative estimate of drug-likeness (QED) is 0.787. The van der Waals surface area contributed by atoms with Gasteiger partial charge in [0, 0.05) is 9.99 Å². The van der Waals surface area contributed by atoms with Crippen molar-refractivity contribution in [3.63, 3.8) is 0 Å². The van der Waals surface area contributed by atoms with E-state index in [4.69, 9.17) is 0 Å². The van der Waals surface area contributed by atoms with Crippen LogP contribution in [0.3, 0.4) is 0 Å². The maximum Gasteiger partial charge on any atom is 0.573 e. The minimum Gasteiger partial charge on any atom is -0.406 e. The van der Waals surface area contributed by atoms with E-state index in [0.29, 0.717) is 9.13 Å². The summed E-state index contributed by atoms with van der Waals surface area (Å²) in [5.41, 5.74) is 0.513. The molecule has 6 heteroatoms. The first-order chi connectivity index (χ1) is 7.26. The minimum atomic E-state index is -4.71. The number of benzene rings is 1. The van der Waals surface area contributed by atoms with Crippen LogP contribution in [0.5, 0.6) is 5.75 Å². The van der Waals surface area contributed by atoms with Crippen molar-refractivity contribution in [3.05, 3.63) is 27.3 Å². The second-order valence-corrected chi connectivity index (χ2v) is 4.47. The van der Waals surface area contributed by atoms with E-state index in [1.54, 1.807) is 6.07 Å². The molecule has 0 aromatic heterocycles. The summed E-state index contributed by atoms with van der Waals surface area (Å²) < 4.78 is 40.3. The van der Waals surface area contributed by atoms with Crippen LogP contribution in [0, 0.1) is 3.57 Å². The third kappa shape index (κ3) is 4.82. The Hall–Kier alpha value is -0.790. The molecule has 16 heavy (non-hydrogen) atoms. The monoisotopic (exact) mass is 344 g/mol. The van der Waals surface area contributed by atoms with E-state index in [2.05, 4.69) is 4.74 Å². The Balaban J connectivity index is 2.94. The first-order valence-corrected chi connectivity index (χ1v) is 5.39. The zero-order chi connectivity index (χ0) is 12.3. The Labute approximate surface area is 104 Å². The number of carbonyl (C=O) groups excluding carboxylic acids is 1. The molecule has 0 fully saturated rings. The van der Waals surface area contributed by atoms with Gasteiger partial charge in [0.05, 0.1) is 0 Å². The standard InChI is InChI=1S/C10H8F3IO2/c1-6(15)2-7-3-8(14)5-9(4-7)16-10(11,12)13/h3-5H,2H2,1H3. The summed E-state index contributed by atoms with van der Waals surface area (Å²) in [6.07, 6.45) is -4.61. The Morgan fingerprint density at radius 1 is 1.38 bits per heavy atom. The summed E-state index contributed by atoms with van der Waals surface area (Å²) >= 11 is 1.87. The zero-order valence-electron chi connectivity index (χ0n) is 8.27. The van der Waals surface area contributed by atoms with Gasteiger partial charge in [-0.3, -0.25) is 4.79 Å². The molecule has 0 saturated carbocycles. The van der Waals surface area contributed by atoms with Crippen molar-refractivity contribution >= 4 is 28.4 Å². The summed E-state index contributed by atoms with van der Waals surface area (Å²) in [7, 11) is 0. The number of Topliss-reactive ketones (excluding diaryl/α,β-unsaturated/α-hetero) is 1. The van der Waals surface area contributed by atoms with Crippen LogP contribution < -0.4 is 4.74 Å². The third-order valence-electron chi connectivity index (χ3n) is 1.62. The van der Waals surface area contributed by atoms with Gasteiger partial charge >= 0.3 is 6.36 Å². The molecule has 0 N–H and O–H groups in total. The largest absolute Gasteiger partial charge is 0.573 e. The lowest BCUT2D eigenvalue weighted by atomic mass is 10.1. The average Bonchev–Trinajstić information content (AvgIpc) is 1.96.